The number of nitrogens with zero attached hydrogens (tertiary/aromatic N) is 1. The average Bonchev–Trinajstić information content (AvgIpc) is 2.60. The van der Waals surface area contributed by atoms with Crippen LogP contribution in [-0.4, -0.2) is 39.4 Å². The molecule has 0 radical (unpaired) electrons. The summed E-state index contributed by atoms with van der Waals surface area (Å²) in [6.07, 6.45) is 1.05. The van der Waals surface area contributed by atoms with E-state index in [1.54, 1.807) is 43.3 Å². The van der Waals surface area contributed by atoms with Crippen LogP contribution in [0.3, 0.4) is 0 Å². The number of thioether (sulfide) groups is 1. The maximum absolute atomic E-state index is 13.5. The lowest BCUT2D eigenvalue weighted by atomic mass is 10.2. The fourth-order valence-electron chi connectivity index (χ4n) is 2.53. The second-order valence-corrected chi connectivity index (χ2v) is 9.64. The highest BCUT2D eigenvalue weighted by Crippen LogP contribution is 2.25. The first-order valence-electron chi connectivity index (χ1n) is 8.50. The molecule has 0 heterocycles. The molecule has 2 aromatic rings. The number of carbonyl (C=O) groups is 1. The minimum absolute atomic E-state index is 0.249. The van der Waals surface area contributed by atoms with Gasteiger partial charge >= 0.3 is 0 Å². The predicted octanol–water partition coefficient (Wildman–Crippen LogP) is 3.60. The van der Waals surface area contributed by atoms with E-state index in [1.165, 1.54) is 17.8 Å². The van der Waals surface area contributed by atoms with Crippen molar-refractivity contribution in [3.8, 4) is 0 Å². The van der Waals surface area contributed by atoms with E-state index in [0.29, 0.717) is 39.9 Å². The summed E-state index contributed by atoms with van der Waals surface area (Å²) in [7, 11) is -3.64. The molecule has 0 saturated heterocycles. The summed E-state index contributed by atoms with van der Waals surface area (Å²) in [6, 6.07) is 11.4. The third-order valence-electron chi connectivity index (χ3n) is 3.90. The van der Waals surface area contributed by atoms with Gasteiger partial charge < -0.3 is 5.32 Å². The Morgan fingerprint density at radius 3 is 2.61 bits per heavy atom. The Hall–Kier alpha value is -1.77. The Morgan fingerprint density at radius 2 is 1.96 bits per heavy atom. The maximum Gasteiger partial charge on any atom is 0.240 e. The van der Waals surface area contributed by atoms with Gasteiger partial charge in [0.15, 0.2) is 0 Å². The number of amides is 1. The van der Waals surface area contributed by atoms with Crippen molar-refractivity contribution in [3.63, 3.8) is 0 Å². The molecule has 0 aliphatic heterocycles. The topological polar surface area (TPSA) is 66.5 Å². The number of aryl methyl sites for hydroxylation is 1. The van der Waals surface area contributed by atoms with Crippen LogP contribution in [0.25, 0.3) is 0 Å². The number of sulfonamides is 1. The van der Waals surface area contributed by atoms with Gasteiger partial charge in [0.1, 0.15) is 12.4 Å². The molecule has 1 amide bonds. The minimum Gasteiger partial charge on any atom is -0.354 e. The SMILES string of the molecule is Cc1cc(Cl)ccc1N(CC(=O)NCCSCc1ccccc1F)S(C)(=O)=O. The van der Waals surface area contributed by atoms with Crippen LogP contribution in [0.5, 0.6) is 0 Å². The van der Waals surface area contributed by atoms with Crippen molar-refractivity contribution < 1.29 is 17.6 Å². The van der Waals surface area contributed by atoms with Gasteiger partial charge in [0.05, 0.1) is 11.9 Å². The number of benzene rings is 2. The van der Waals surface area contributed by atoms with Gasteiger partial charge in [0.25, 0.3) is 0 Å². The molecule has 1 N–H and O–H groups in total. The summed E-state index contributed by atoms with van der Waals surface area (Å²) in [5, 5.41) is 3.19. The number of halogens is 2. The Kier molecular flexibility index (Phi) is 8.15. The van der Waals surface area contributed by atoms with Gasteiger partial charge in [-0.05, 0) is 42.3 Å². The normalized spacial score (nSPS) is 11.3. The lowest BCUT2D eigenvalue weighted by Crippen LogP contribution is -2.41. The quantitative estimate of drug-likeness (QED) is 0.600. The molecule has 28 heavy (non-hydrogen) atoms. The lowest BCUT2D eigenvalue weighted by Gasteiger charge is -2.23. The average molecular weight is 445 g/mol. The van der Waals surface area contributed by atoms with E-state index in [9.17, 15) is 17.6 Å². The fourth-order valence-corrected chi connectivity index (χ4v) is 4.51. The minimum atomic E-state index is -3.64. The van der Waals surface area contributed by atoms with E-state index in [2.05, 4.69) is 5.32 Å². The standard InChI is InChI=1S/C19H22ClFN2O3S2/c1-14-11-16(20)7-8-18(14)23(28(2,25)26)12-19(24)22-9-10-27-13-15-5-3-4-6-17(15)21/h3-8,11H,9-10,12-13H2,1-2H3,(H,22,24). The second kappa shape index (κ2) is 10.1. The van der Waals surface area contributed by atoms with Crippen LogP contribution < -0.4 is 9.62 Å². The van der Waals surface area contributed by atoms with Gasteiger partial charge in [0, 0.05) is 23.1 Å². The number of anilines is 1. The molecular formula is C19H22ClFN2O3S2. The van der Waals surface area contributed by atoms with Crippen LogP contribution in [-0.2, 0) is 20.6 Å². The maximum atomic E-state index is 13.5. The van der Waals surface area contributed by atoms with Crippen molar-refractivity contribution in [2.45, 2.75) is 12.7 Å². The molecule has 0 saturated carbocycles. The highest BCUT2D eigenvalue weighted by Gasteiger charge is 2.22. The third kappa shape index (κ3) is 6.68. The molecule has 2 rings (SSSR count). The van der Waals surface area contributed by atoms with E-state index in [4.69, 9.17) is 11.6 Å². The Balaban J connectivity index is 1.88. The number of hydrogen-bond donors (Lipinski definition) is 1. The molecule has 0 fully saturated rings. The smallest absolute Gasteiger partial charge is 0.240 e. The molecule has 9 heteroatoms. The molecule has 0 unspecified atom stereocenters. The van der Waals surface area contributed by atoms with Crippen LogP contribution in [0.2, 0.25) is 5.02 Å². The molecule has 2 aromatic carbocycles. The Morgan fingerprint density at radius 1 is 1.25 bits per heavy atom. The first-order chi connectivity index (χ1) is 13.2. The highest BCUT2D eigenvalue weighted by molar-refractivity contribution is 7.98. The zero-order valence-electron chi connectivity index (χ0n) is 15.6. The third-order valence-corrected chi connectivity index (χ3v) is 6.27. The molecule has 0 aromatic heterocycles. The lowest BCUT2D eigenvalue weighted by molar-refractivity contribution is -0.119. The van der Waals surface area contributed by atoms with Gasteiger partial charge in [-0.25, -0.2) is 12.8 Å². The summed E-state index contributed by atoms with van der Waals surface area (Å²) in [5.74, 6) is 0.424. The Bertz CT molecular complexity index is 939. The van der Waals surface area contributed by atoms with Crippen LogP contribution >= 0.6 is 23.4 Å². The zero-order chi connectivity index (χ0) is 20.7. The van der Waals surface area contributed by atoms with Gasteiger partial charge in [-0.15, -0.1) is 0 Å². The highest BCUT2D eigenvalue weighted by atomic mass is 35.5. The second-order valence-electron chi connectivity index (χ2n) is 6.19. The van der Waals surface area contributed by atoms with E-state index in [1.807, 2.05) is 0 Å². The van der Waals surface area contributed by atoms with E-state index < -0.39 is 15.9 Å². The van der Waals surface area contributed by atoms with E-state index in [0.717, 1.165) is 10.6 Å². The number of nitrogens with one attached hydrogen (secondary N) is 1. The number of hydrogen-bond acceptors (Lipinski definition) is 4. The van der Waals surface area contributed by atoms with E-state index >= 15 is 0 Å². The monoisotopic (exact) mass is 444 g/mol. The molecule has 5 nitrogen and oxygen atoms in total. The molecule has 0 aliphatic carbocycles. The van der Waals surface area contributed by atoms with Crippen LogP contribution in [0.15, 0.2) is 42.5 Å². The molecular weight excluding hydrogens is 423 g/mol. The summed E-state index contributed by atoms with van der Waals surface area (Å²) in [4.78, 5) is 12.2. The molecule has 0 atom stereocenters. The zero-order valence-corrected chi connectivity index (χ0v) is 18.0. The van der Waals surface area contributed by atoms with Crippen molar-refractivity contribution in [2.75, 3.05) is 29.4 Å². The fraction of sp³-hybridized carbons (Fsp3) is 0.316. The predicted molar refractivity (Wildman–Crippen MR) is 114 cm³/mol. The van der Waals surface area contributed by atoms with Gasteiger partial charge in [0.2, 0.25) is 15.9 Å². The summed E-state index contributed by atoms with van der Waals surface area (Å²) in [5.41, 5.74) is 1.68. The summed E-state index contributed by atoms with van der Waals surface area (Å²) >= 11 is 7.41. The molecule has 152 valence electrons. The first kappa shape index (κ1) is 22.5. The van der Waals surface area contributed by atoms with Crippen molar-refractivity contribution >= 4 is 45.0 Å². The first-order valence-corrected chi connectivity index (χ1v) is 11.9. The molecule has 0 aliphatic rings. The van der Waals surface area contributed by atoms with Crippen LogP contribution in [0.4, 0.5) is 10.1 Å². The van der Waals surface area contributed by atoms with Crippen molar-refractivity contribution in [3.05, 3.63) is 64.4 Å². The number of rotatable bonds is 9. The van der Waals surface area contributed by atoms with Crippen molar-refractivity contribution in [1.82, 2.24) is 5.32 Å². The van der Waals surface area contributed by atoms with E-state index in [-0.39, 0.29) is 12.4 Å². The van der Waals surface area contributed by atoms with Crippen molar-refractivity contribution in [1.29, 1.82) is 0 Å². The van der Waals surface area contributed by atoms with Crippen molar-refractivity contribution in [2.24, 2.45) is 0 Å². The van der Waals surface area contributed by atoms with Gasteiger partial charge in [-0.3, -0.25) is 9.10 Å². The summed E-state index contributed by atoms with van der Waals surface area (Å²) < 4.78 is 38.9. The largest absolute Gasteiger partial charge is 0.354 e. The number of carbonyl (C=O) groups excluding carboxylic acids is 1. The van der Waals surface area contributed by atoms with Crippen LogP contribution in [0.1, 0.15) is 11.1 Å². The van der Waals surface area contributed by atoms with Crippen LogP contribution in [0, 0.1) is 12.7 Å². The molecule has 0 spiro atoms. The summed E-state index contributed by atoms with van der Waals surface area (Å²) in [6.45, 7) is 1.77. The van der Waals surface area contributed by atoms with Gasteiger partial charge in [-0.2, -0.15) is 11.8 Å². The molecule has 0 bridgehead atoms. The Labute approximate surface area is 174 Å². The van der Waals surface area contributed by atoms with Gasteiger partial charge in [-0.1, -0.05) is 29.8 Å².